The molecule has 0 saturated carbocycles. The fraction of sp³-hybridized carbons (Fsp3) is 0.438. The van der Waals surface area contributed by atoms with Crippen molar-refractivity contribution < 1.29 is 44.6 Å². The minimum atomic E-state index is -4.68. The molecule has 1 aliphatic rings. The summed E-state index contributed by atoms with van der Waals surface area (Å²) in [7, 11) is 0. The summed E-state index contributed by atoms with van der Waals surface area (Å²) in [5.41, 5.74) is -3.76. The highest BCUT2D eigenvalue weighted by molar-refractivity contribution is 6.31. The normalized spacial score (nSPS) is 16.0. The molecule has 0 unspecified atom stereocenters. The summed E-state index contributed by atoms with van der Waals surface area (Å²) >= 11 is 5.70. The molecule has 0 spiro atoms. The lowest BCUT2D eigenvalue weighted by Gasteiger charge is -2.39. The molecule has 0 atom stereocenters. The van der Waals surface area contributed by atoms with Crippen molar-refractivity contribution in [2.45, 2.75) is 69.6 Å². The van der Waals surface area contributed by atoms with Gasteiger partial charge < -0.3 is 10.0 Å². The average molecular weight is 654 g/mol. The number of alkyl halides is 9. The molecular weight excluding hydrogens is 621 g/mol. The molecule has 4 rings (SSSR count). The van der Waals surface area contributed by atoms with Gasteiger partial charge in [-0.25, -0.2) is 0 Å². The van der Waals surface area contributed by atoms with Crippen LogP contribution in [0.5, 0.6) is 0 Å². The van der Waals surface area contributed by atoms with Gasteiger partial charge >= 0.3 is 18.5 Å². The van der Waals surface area contributed by atoms with E-state index in [0.717, 1.165) is 36.4 Å². The maximum Gasteiger partial charge on any atom is 0.417 e. The number of hydrogen-bond acceptors (Lipinski definition) is 2. The zero-order valence-electron chi connectivity index (χ0n) is 24.1. The molecule has 0 bridgehead atoms. The summed E-state index contributed by atoms with van der Waals surface area (Å²) < 4.78 is 120. The smallest absolute Gasteiger partial charge is 0.385 e. The minimum Gasteiger partial charge on any atom is -0.385 e. The molecule has 0 radical (unpaired) electrons. The van der Waals surface area contributed by atoms with Crippen molar-refractivity contribution in [3.05, 3.63) is 105 Å². The third-order valence-corrected chi connectivity index (χ3v) is 8.02. The Kier molecular flexibility index (Phi) is 11.5. The second-order valence-corrected chi connectivity index (χ2v) is 10.9. The second-order valence-electron chi connectivity index (χ2n) is 10.5. The quantitative estimate of drug-likeness (QED) is 0.257. The molecule has 2 nitrogen and oxygen atoms in total. The fourth-order valence-corrected chi connectivity index (χ4v) is 5.60. The Morgan fingerprint density at radius 1 is 0.750 bits per heavy atom. The van der Waals surface area contributed by atoms with Crippen LogP contribution in [0, 0.1) is 0 Å². The van der Waals surface area contributed by atoms with E-state index < -0.39 is 51.8 Å². The summed E-state index contributed by atoms with van der Waals surface area (Å²) in [4.78, 5) is 1.96. The first-order valence-electron chi connectivity index (χ1n) is 14.1. The molecule has 1 fully saturated rings. The predicted octanol–water partition coefficient (Wildman–Crippen LogP) is 10.3. The Labute approximate surface area is 255 Å². The topological polar surface area (TPSA) is 23.5 Å². The molecule has 12 heteroatoms. The highest BCUT2D eigenvalue weighted by Gasteiger charge is 2.39. The largest absolute Gasteiger partial charge is 0.417 e. The van der Waals surface area contributed by atoms with Crippen molar-refractivity contribution in [1.29, 1.82) is 0 Å². The first-order valence-corrected chi connectivity index (χ1v) is 14.5. The van der Waals surface area contributed by atoms with Crippen LogP contribution in [0.3, 0.4) is 0 Å². The lowest BCUT2D eigenvalue weighted by molar-refractivity contribution is -0.138. The molecule has 0 aliphatic carbocycles. The number of halogens is 10. The number of piperidine rings is 1. The molecule has 0 aromatic heterocycles. The number of benzene rings is 3. The number of rotatable bonds is 7. The molecule has 44 heavy (non-hydrogen) atoms. The molecule has 1 heterocycles. The van der Waals surface area contributed by atoms with Crippen LogP contribution in [0.2, 0.25) is 5.02 Å². The van der Waals surface area contributed by atoms with Crippen LogP contribution < -0.4 is 0 Å². The maximum absolute atomic E-state index is 13.4. The van der Waals surface area contributed by atoms with Gasteiger partial charge in [0.15, 0.2) is 0 Å². The van der Waals surface area contributed by atoms with Crippen LogP contribution in [0.4, 0.5) is 39.5 Å². The Balaban J connectivity index is 0.00000259. The van der Waals surface area contributed by atoms with Gasteiger partial charge in [0.1, 0.15) is 0 Å². The van der Waals surface area contributed by atoms with Crippen molar-refractivity contribution in [3.8, 4) is 0 Å². The summed E-state index contributed by atoms with van der Waals surface area (Å²) in [6.07, 6.45) is -13.0. The fourth-order valence-electron chi connectivity index (χ4n) is 5.38. The molecule has 242 valence electrons. The van der Waals surface area contributed by atoms with E-state index in [4.69, 9.17) is 11.6 Å². The van der Waals surface area contributed by atoms with Gasteiger partial charge in [0.25, 0.3) is 0 Å². The lowest BCUT2D eigenvalue weighted by Crippen LogP contribution is -2.43. The van der Waals surface area contributed by atoms with Crippen LogP contribution >= 0.6 is 11.6 Å². The minimum absolute atomic E-state index is 0.105. The highest BCUT2D eigenvalue weighted by atomic mass is 35.5. The van der Waals surface area contributed by atoms with Crippen molar-refractivity contribution in [2.75, 3.05) is 19.6 Å². The zero-order valence-corrected chi connectivity index (χ0v) is 24.8. The molecule has 3 aromatic rings. The van der Waals surface area contributed by atoms with Crippen LogP contribution in [0.1, 0.15) is 78.8 Å². The van der Waals surface area contributed by atoms with Crippen molar-refractivity contribution in [3.63, 3.8) is 0 Å². The first kappa shape index (κ1) is 35.7. The van der Waals surface area contributed by atoms with Crippen molar-refractivity contribution in [1.82, 2.24) is 4.90 Å². The standard InChI is InChI=1S/C30H27ClF9NO.C2H6/c31-26-10-9-21(18-25(26)30(38,39)40)27(42)11-14-41(15-12-27)13-3-8-24(19-4-1-6-22(16-19)28(32,33)34)20-5-2-7-23(17-20)29(35,36)37;1-2/h1-2,4-7,9-10,16-18,24,42H,3,8,11-15H2;1-2H3. The summed E-state index contributed by atoms with van der Waals surface area (Å²) in [6, 6.07) is 12.4. The second kappa shape index (κ2) is 14.1. The molecule has 0 amide bonds. The lowest BCUT2D eigenvalue weighted by atomic mass is 9.83. The number of aliphatic hydroxyl groups is 1. The monoisotopic (exact) mass is 653 g/mol. The molecular formula is C32H33ClF9NO. The molecule has 1 aliphatic heterocycles. The Morgan fingerprint density at radius 2 is 1.25 bits per heavy atom. The van der Waals surface area contributed by atoms with Gasteiger partial charge in [0.05, 0.1) is 27.3 Å². The van der Waals surface area contributed by atoms with Gasteiger partial charge in [0.2, 0.25) is 0 Å². The van der Waals surface area contributed by atoms with Crippen molar-refractivity contribution >= 4 is 11.6 Å². The third kappa shape index (κ3) is 8.91. The predicted molar refractivity (Wildman–Crippen MR) is 151 cm³/mol. The Bertz CT molecular complexity index is 1320. The van der Waals surface area contributed by atoms with E-state index in [1.165, 1.54) is 30.3 Å². The van der Waals surface area contributed by atoms with E-state index in [0.29, 0.717) is 26.1 Å². The van der Waals surface area contributed by atoms with Crippen LogP contribution in [-0.2, 0) is 24.1 Å². The highest BCUT2D eigenvalue weighted by Crippen LogP contribution is 2.41. The van der Waals surface area contributed by atoms with E-state index in [1.807, 2.05) is 18.7 Å². The van der Waals surface area contributed by atoms with Gasteiger partial charge in [-0.05, 0) is 73.2 Å². The Hall–Kier alpha value is -2.76. The van der Waals surface area contributed by atoms with Gasteiger partial charge in [0, 0.05) is 19.0 Å². The summed E-state index contributed by atoms with van der Waals surface area (Å²) in [6.45, 7) is 5.09. The van der Waals surface area contributed by atoms with E-state index >= 15 is 0 Å². The zero-order chi connectivity index (χ0) is 32.9. The van der Waals surface area contributed by atoms with Gasteiger partial charge in [-0.3, -0.25) is 0 Å². The number of likely N-dealkylation sites (tertiary alicyclic amines) is 1. The van der Waals surface area contributed by atoms with Gasteiger partial charge in [-0.1, -0.05) is 67.9 Å². The van der Waals surface area contributed by atoms with Gasteiger partial charge in [-0.15, -0.1) is 0 Å². The number of hydrogen-bond donors (Lipinski definition) is 1. The third-order valence-electron chi connectivity index (χ3n) is 7.69. The summed E-state index contributed by atoms with van der Waals surface area (Å²) in [5, 5.41) is 10.6. The molecule has 1 saturated heterocycles. The van der Waals surface area contributed by atoms with Crippen molar-refractivity contribution in [2.24, 2.45) is 0 Å². The van der Waals surface area contributed by atoms with E-state index in [2.05, 4.69) is 0 Å². The van der Waals surface area contributed by atoms with Gasteiger partial charge in [-0.2, -0.15) is 39.5 Å². The Morgan fingerprint density at radius 3 is 1.70 bits per heavy atom. The molecule has 3 aromatic carbocycles. The van der Waals surface area contributed by atoms with E-state index in [9.17, 15) is 44.6 Å². The van der Waals surface area contributed by atoms with Crippen LogP contribution in [-0.4, -0.2) is 29.6 Å². The molecule has 1 N–H and O–H groups in total. The summed E-state index contributed by atoms with van der Waals surface area (Å²) in [5.74, 6) is -0.744. The van der Waals surface area contributed by atoms with E-state index in [1.54, 1.807) is 0 Å². The SMILES string of the molecule is CC.OC1(c2ccc(Cl)c(C(F)(F)F)c2)CCN(CCCC(c2cccc(C(F)(F)F)c2)c2cccc(C(F)(F)F)c2)CC1. The van der Waals surface area contributed by atoms with E-state index in [-0.39, 0.29) is 36.0 Å². The first-order chi connectivity index (χ1) is 20.5. The average Bonchev–Trinajstić information content (AvgIpc) is 2.96. The maximum atomic E-state index is 13.4. The van der Waals surface area contributed by atoms with Crippen LogP contribution in [0.15, 0.2) is 66.7 Å². The van der Waals surface area contributed by atoms with Crippen LogP contribution in [0.25, 0.3) is 0 Å². The number of nitrogens with zero attached hydrogens (tertiary/aromatic N) is 1.